The van der Waals surface area contributed by atoms with Gasteiger partial charge in [-0.25, -0.2) is 0 Å². The van der Waals surface area contributed by atoms with Crippen molar-refractivity contribution in [3.8, 4) is 0 Å². The summed E-state index contributed by atoms with van der Waals surface area (Å²) in [5, 5.41) is 0. The molecule has 0 radical (unpaired) electrons. The molecule has 0 aliphatic heterocycles. The van der Waals surface area contributed by atoms with Gasteiger partial charge in [-0.1, -0.05) is 15.9 Å². The van der Waals surface area contributed by atoms with Crippen LogP contribution in [0.25, 0.3) is 0 Å². The highest BCUT2D eigenvalue weighted by Gasteiger charge is 2.02. The highest BCUT2D eigenvalue weighted by atomic mass is 79.9. The van der Waals surface area contributed by atoms with Crippen LogP contribution in [-0.4, -0.2) is 20.4 Å². The molecule has 1 aromatic rings. The number of halogens is 2. The van der Waals surface area contributed by atoms with Crippen LogP contribution < -0.4 is 0 Å². The van der Waals surface area contributed by atoms with E-state index in [9.17, 15) is 12.3 Å². The number of rotatable bonds is 3. The normalized spacial score (nSPS) is 12.1. The summed E-state index contributed by atoms with van der Waals surface area (Å²) >= 11 is 3.24. The molecule has 0 bridgehead atoms. The fraction of sp³-hybridized carbons (Fsp3) is 0.125. The molecular formula is C8H7BrFNO2S. The van der Waals surface area contributed by atoms with Gasteiger partial charge in [0.25, 0.3) is 0 Å². The number of benzene rings is 1. The van der Waals surface area contributed by atoms with Crippen LogP contribution in [0.1, 0.15) is 0 Å². The molecule has 0 N–H and O–H groups in total. The molecule has 3 nitrogen and oxygen atoms in total. The van der Waals surface area contributed by atoms with Gasteiger partial charge in [-0.2, -0.15) is 8.42 Å². The Morgan fingerprint density at radius 1 is 1.36 bits per heavy atom. The lowest BCUT2D eigenvalue weighted by Gasteiger charge is -1.92. The van der Waals surface area contributed by atoms with Crippen LogP contribution in [0.3, 0.4) is 0 Å². The van der Waals surface area contributed by atoms with E-state index < -0.39 is 16.0 Å². The molecule has 6 heteroatoms. The molecule has 0 saturated carbocycles. The first kappa shape index (κ1) is 11.3. The molecule has 1 aromatic carbocycles. The van der Waals surface area contributed by atoms with Gasteiger partial charge in [0.2, 0.25) is 0 Å². The van der Waals surface area contributed by atoms with Crippen molar-refractivity contribution in [3.63, 3.8) is 0 Å². The fourth-order valence-corrected chi connectivity index (χ4v) is 1.28. The Kier molecular flexibility index (Phi) is 3.77. The lowest BCUT2D eigenvalue weighted by atomic mass is 10.3. The van der Waals surface area contributed by atoms with Gasteiger partial charge >= 0.3 is 10.2 Å². The van der Waals surface area contributed by atoms with Crippen LogP contribution in [0, 0.1) is 0 Å². The Morgan fingerprint density at radius 3 is 2.43 bits per heavy atom. The first-order valence-corrected chi connectivity index (χ1v) is 6.02. The van der Waals surface area contributed by atoms with E-state index in [1.54, 1.807) is 24.3 Å². The van der Waals surface area contributed by atoms with Crippen molar-refractivity contribution < 1.29 is 12.3 Å². The van der Waals surface area contributed by atoms with Crippen LogP contribution in [0.2, 0.25) is 0 Å². The van der Waals surface area contributed by atoms with Crippen LogP contribution in [0.5, 0.6) is 0 Å². The molecule has 0 aliphatic rings. The third kappa shape index (κ3) is 4.48. The Bertz CT molecular complexity index is 427. The molecule has 76 valence electrons. The maximum absolute atomic E-state index is 12.0. The summed E-state index contributed by atoms with van der Waals surface area (Å²) in [7, 11) is -4.46. The minimum atomic E-state index is -4.46. The van der Waals surface area contributed by atoms with E-state index in [-0.39, 0.29) is 0 Å². The molecule has 0 saturated heterocycles. The third-order valence-corrected chi connectivity index (χ3v) is 2.42. The van der Waals surface area contributed by atoms with E-state index in [1.807, 2.05) is 0 Å². The monoisotopic (exact) mass is 279 g/mol. The van der Waals surface area contributed by atoms with E-state index in [2.05, 4.69) is 20.9 Å². The predicted molar refractivity (Wildman–Crippen MR) is 57.2 cm³/mol. The van der Waals surface area contributed by atoms with Crippen LogP contribution in [-0.2, 0) is 10.2 Å². The van der Waals surface area contributed by atoms with E-state index >= 15 is 0 Å². The largest absolute Gasteiger partial charge is 0.307 e. The fourth-order valence-electron chi connectivity index (χ4n) is 0.759. The van der Waals surface area contributed by atoms with Crippen molar-refractivity contribution in [2.24, 2.45) is 4.99 Å². The van der Waals surface area contributed by atoms with E-state index in [4.69, 9.17) is 0 Å². The van der Waals surface area contributed by atoms with Crippen molar-refractivity contribution in [2.75, 3.05) is 5.75 Å². The first-order chi connectivity index (χ1) is 6.47. The maximum Gasteiger partial charge on any atom is 0.307 e. The molecule has 0 aromatic heterocycles. The highest BCUT2D eigenvalue weighted by molar-refractivity contribution is 9.10. The molecule has 0 unspecified atom stereocenters. The summed E-state index contributed by atoms with van der Waals surface area (Å²) in [4.78, 5) is 3.77. The second kappa shape index (κ2) is 4.65. The lowest BCUT2D eigenvalue weighted by Crippen LogP contribution is -1.98. The molecule has 0 spiro atoms. The summed E-state index contributed by atoms with van der Waals surface area (Å²) in [5.41, 5.74) is 0.580. The van der Waals surface area contributed by atoms with Gasteiger partial charge in [-0.3, -0.25) is 4.99 Å². The molecule has 0 amide bonds. The SMILES string of the molecule is O=S(=O)(F)CC=Nc1ccc(Br)cc1. The number of hydrogen-bond donors (Lipinski definition) is 0. The Hall–Kier alpha value is -0.750. The Balaban J connectivity index is 2.65. The number of aliphatic imine (C=N–C) groups is 1. The number of hydrogen-bond acceptors (Lipinski definition) is 3. The Labute approximate surface area is 90.0 Å². The van der Waals surface area contributed by atoms with Gasteiger partial charge in [0.15, 0.2) is 0 Å². The van der Waals surface area contributed by atoms with Crippen molar-refractivity contribution in [1.82, 2.24) is 0 Å². The molecule has 0 fully saturated rings. The van der Waals surface area contributed by atoms with Crippen LogP contribution in [0.15, 0.2) is 33.7 Å². The molecule has 14 heavy (non-hydrogen) atoms. The zero-order valence-corrected chi connectivity index (χ0v) is 9.42. The second-order valence-electron chi connectivity index (χ2n) is 2.49. The zero-order chi connectivity index (χ0) is 10.6. The van der Waals surface area contributed by atoms with Crippen molar-refractivity contribution in [3.05, 3.63) is 28.7 Å². The van der Waals surface area contributed by atoms with Gasteiger partial charge in [-0.15, -0.1) is 3.89 Å². The van der Waals surface area contributed by atoms with Crippen molar-refractivity contribution >= 4 is 38.1 Å². The second-order valence-corrected chi connectivity index (χ2v) is 4.82. The van der Waals surface area contributed by atoms with Gasteiger partial charge in [0.1, 0.15) is 5.75 Å². The molecule has 0 heterocycles. The molecular weight excluding hydrogens is 273 g/mol. The average Bonchev–Trinajstić information content (AvgIpc) is 2.06. The zero-order valence-electron chi connectivity index (χ0n) is 7.02. The highest BCUT2D eigenvalue weighted by Crippen LogP contribution is 2.16. The average molecular weight is 280 g/mol. The smallest absolute Gasteiger partial charge is 0.260 e. The minimum absolute atomic E-state index is 0.580. The van der Waals surface area contributed by atoms with Crippen LogP contribution >= 0.6 is 15.9 Å². The number of nitrogens with zero attached hydrogens (tertiary/aromatic N) is 1. The molecule has 0 atom stereocenters. The third-order valence-electron chi connectivity index (χ3n) is 1.34. The van der Waals surface area contributed by atoms with Gasteiger partial charge < -0.3 is 0 Å². The van der Waals surface area contributed by atoms with E-state index in [1.165, 1.54) is 0 Å². The summed E-state index contributed by atoms with van der Waals surface area (Å²) in [6.45, 7) is 0. The molecule has 1 rings (SSSR count). The van der Waals surface area contributed by atoms with Gasteiger partial charge in [0.05, 0.1) is 5.69 Å². The summed E-state index contributed by atoms with van der Waals surface area (Å²) in [5.74, 6) is -0.691. The summed E-state index contributed by atoms with van der Waals surface area (Å²) in [6.07, 6.45) is 1.03. The van der Waals surface area contributed by atoms with Gasteiger partial charge in [0, 0.05) is 10.7 Å². The van der Waals surface area contributed by atoms with Crippen LogP contribution in [0.4, 0.5) is 9.57 Å². The standard InChI is InChI=1S/C8H7BrFNO2S/c9-7-1-3-8(4-2-7)11-5-6-14(10,12)13/h1-5H,6H2. The van der Waals surface area contributed by atoms with Gasteiger partial charge in [-0.05, 0) is 24.3 Å². The first-order valence-electron chi connectivity index (χ1n) is 3.68. The van der Waals surface area contributed by atoms with Crippen molar-refractivity contribution in [1.29, 1.82) is 0 Å². The summed E-state index contributed by atoms with van der Waals surface area (Å²) < 4.78 is 33.1. The van der Waals surface area contributed by atoms with E-state index in [0.29, 0.717) is 5.69 Å². The lowest BCUT2D eigenvalue weighted by molar-refractivity contribution is 0.557. The Morgan fingerprint density at radius 2 is 1.93 bits per heavy atom. The topological polar surface area (TPSA) is 46.5 Å². The summed E-state index contributed by atoms with van der Waals surface area (Å²) in [6, 6.07) is 6.89. The predicted octanol–water partition coefficient (Wildman–Crippen LogP) is 2.45. The minimum Gasteiger partial charge on any atom is -0.260 e. The quantitative estimate of drug-likeness (QED) is 0.630. The van der Waals surface area contributed by atoms with Crippen molar-refractivity contribution in [2.45, 2.75) is 0 Å². The maximum atomic E-state index is 12.0. The van der Waals surface area contributed by atoms with E-state index in [0.717, 1.165) is 10.7 Å². The molecule has 0 aliphatic carbocycles.